The van der Waals surface area contributed by atoms with Gasteiger partial charge in [-0.1, -0.05) is 13.8 Å². The molecule has 0 N–H and O–H groups in total. The first-order valence-electron chi connectivity index (χ1n) is 5.33. The Kier molecular flexibility index (Phi) is 7.13. The second kappa shape index (κ2) is 7.49. The molecule has 0 heterocycles. The Morgan fingerprint density at radius 3 is 2.06 bits per heavy atom. The van der Waals surface area contributed by atoms with Crippen LogP contribution in [0.25, 0.3) is 0 Å². The topological polar surface area (TPSA) is 52.6 Å². The maximum Gasteiger partial charge on any atom is 0.320 e. The van der Waals surface area contributed by atoms with Crippen molar-refractivity contribution < 1.29 is 19.1 Å². The highest BCUT2D eigenvalue weighted by Crippen LogP contribution is 2.16. The minimum atomic E-state index is -0.870. The average Bonchev–Trinajstić information content (AvgIpc) is 2.12. The van der Waals surface area contributed by atoms with Gasteiger partial charge >= 0.3 is 11.9 Å². The maximum absolute atomic E-state index is 11.6. The molecule has 0 aliphatic rings. The van der Waals surface area contributed by atoms with Gasteiger partial charge in [0, 0.05) is 0 Å². The quantitative estimate of drug-likeness (QED) is 0.411. The van der Waals surface area contributed by atoms with E-state index in [1.807, 2.05) is 0 Å². The lowest BCUT2D eigenvalue weighted by Gasteiger charge is -2.19. The summed E-state index contributed by atoms with van der Waals surface area (Å²) in [6.45, 7) is 7.12. The van der Waals surface area contributed by atoms with Crippen LogP contribution in [0, 0.1) is 11.8 Å². The van der Waals surface area contributed by atoms with Gasteiger partial charge in [-0.2, -0.15) is 0 Å². The number of carbonyl (C=O) groups is 2. The van der Waals surface area contributed by atoms with Crippen molar-refractivity contribution in [2.45, 2.75) is 33.8 Å². The Morgan fingerprint density at radius 1 is 1.12 bits per heavy atom. The van der Waals surface area contributed by atoms with E-state index in [-0.39, 0.29) is 24.5 Å². The molecule has 5 heteroatoms. The van der Waals surface area contributed by atoms with Crippen LogP contribution in [-0.4, -0.2) is 30.5 Å². The van der Waals surface area contributed by atoms with Crippen molar-refractivity contribution in [2.24, 2.45) is 11.8 Å². The van der Waals surface area contributed by atoms with Gasteiger partial charge in [-0.3, -0.25) is 9.59 Å². The zero-order chi connectivity index (χ0) is 12.7. The van der Waals surface area contributed by atoms with Crippen molar-refractivity contribution in [3.05, 3.63) is 0 Å². The van der Waals surface area contributed by atoms with Gasteiger partial charge in [0.1, 0.15) is 6.61 Å². The van der Waals surface area contributed by atoms with Crippen LogP contribution < -0.4 is 0 Å². The van der Waals surface area contributed by atoms with E-state index in [2.05, 4.69) is 0 Å². The highest BCUT2D eigenvalue weighted by molar-refractivity contribution is 6.18. The largest absolute Gasteiger partial charge is 0.464 e. The number of halogens is 1. The summed E-state index contributed by atoms with van der Waals surface area (Å²) in [7, 11) is 0. The monoisotopic (exact) mass is 250 g/mol. The van der Waals surface area contributed by atoms with Gasteiger partial charge in [-0.15, -0.1) is 11.6 Å². The van der Waals surface area contributed by atoms with Crippen molar-refractivity contribution in [3.8, 4) is 0 Å². The van der Waals surface area contributed by atoms with Gasteiger partial charge in [0.25, 0.3) is 0 Å². The molecule has 0 amide bonds. The van der Waals surface area contributed by atoms with Crippen LogP contribution in [0.2, 0.25) is 0 Å². The molecule has 1 unspecified atom stereocenters. The predicted octanol–water partition coefficient (Wildman–Crippen LogP) is 1.99. The molecule has 0 rings (SSSR count). The zero-order valence-electron chi connectivity index (χ0n) is 10.2. The summed E-state index contributed by atoms with van der Waals surface area (Å²) in [5, 5.41) is 0. The predicted molar refractivity (Wildman–Crippen MR) is 61.2 cm³/mol. The Labute approximate surface area is 101 Å². The van der Waals surface area contributed by atoms with Gasteiger partial charge in [0.15, 0.2) is 5.92 Å². The molecule has 16 heavy (non-hydrogen) atoms. The minimum Gasteiger partial charge on any atom is -0.464 e. The van der Waals surface area contributed by atoms with E-state index >= 15 is 0 Å². The number of carbonyl (C=O) groups excluding carboxylic acids is 2. The molecule has 4 nitrogen and oxygen atoms in total. The Morgan fingerprint density at radius 2 is 1.69 bits per heavy atom. The molecule has 94 valence electrons. The van der Waals surface area contributed by atoms with Crippen LogP contribution in [0.1, 0.15) is 27.7 Å². The van der Waals surface area contributed by atoms with Gasteiger partial charge in [0.2, 0.25) is 0 Å². The second-order valence-corrected chi connectivity index (χ2v) is 4.44. The molecular formula is C11H19ClO4. The summed E-state index contributed by atoms with van der Waals surface area (Å²) in [5.41, 5.74) is 0. The molecule has 0 aromatic carbocycles. The van der Waals surface area contributed by atoms with Crippen molar-refractivity contribution >= 4 is 23.5 Å². The molecule has 0 fully saturated rings. The first kappa shape index (κ1) is 15.2. The van der Waals surface area contributed by atoms with E-state index in [0.29, 0.717) is 0 Å². The van der Waals surface area contributed by atoms with Crippen LogP contribution in [0.3, 0.4) is 0 Å². The van der Waals surface area contributed by atoms with Crippen LogP contribution in [0.4, 0.5) is 0 Å². The summed E-state index contributed by atoms with van der Waals surface area (Å²) in [6.07, 6.45) is -0.241. The van der Waals surface area contributed by atoms with Gasteiger partial charge in [-0.25, -0.2) is 0 Å². The molecule has 0 aliphatic heterocycles. The van der Waals surface area contributed by atoms with Gasteiger partial charge < -0.3 is 9.47 Å². The Bertz CT molecular complexity index is 238. The SMILES string of the molecule is CC(C)OC(=O)C(C(=O)OCCCl)C(C)C. The zero-order valence-corrected chi connectivity index (χ0v) is 10.9. The average molecular weight is 251 g/mol. The first-order chi connectivity index (χ1) is 7.40. The van der Waals surface area contributed by atoms with Crippen LogP contribution in [0.15, 0.2) is 0 Å². The fourth-order valence-electron chi connectivity index (χ4n) is 1.18. The van der Waals surface area contributed by atoms with Crippen molar-refractivity contribution in [1.82, 2.24) is 0 Å². The molecule has 0 aromatic heterocycles. The fourth-order valence-corrected chi connectivity index (χ4v) is 1.25. The van der Waals surface area contributed by atoms with E-state index in [4.69, 9.17) is 21.1 Å². The lowest BCUT2D eigenvalue weighted by Crippen LogP contribution is -2.33. The number of hydrogen-bond acceptors (Lipinski definition) is 4. The molecule has 0 aliphatic carbocycles. The fraction of sp³-hybridized carbons (Fsp3) is 0.818. The molecule has 0 spiro atoms. The maximum atomic E-state index is 11.6. The highest BCUT2D eigenvalue weighted by Gasteiger charge is 2.33. The molecule has 0 bridgehead atoms. The molecule has 0 saturated heterocycles. The van der Waals surface area contributed by atoms with E-state index in [1.54, 1.807) is 27.7 Å². The summed E-state index contributed by atoms with van der Waals surface area (Å²) < 4.78 is 9.85. The number of esters is 2. The van der Waals surface area contributed by atoms with Crippen LogP contribution in [-0.2, 0) is 19.1 Å². The Balaban J connectivity index is 4.48. The van der Waals surface area contributed by atoms with Gasteiger partial charge in [0.05, 0.1) is 12.0 Å². The first-order valence-corrected chi connectivity index (χ1v) is 5.86. The Hall–Kier alpha value is -0.770. The summed E-state index contributed by atoms with van der Waals surface area (Å²) in [5.74, 6) is -1.92. The molecular weight excluding hydrogens is 232 g/mol. The van der Waals surface area contributed by atoms with Gasteiger partial charge in [-0.05, 0) is 19.8 Å². The smallest absolute Gasteiger partial charge is 0.320 e. The van der Waals surface area contributed by atoms with Crippen molar-refractivity contribution in [2.75, 3.05) is 12.5 Å². The molecule has 0 aromatic rings. The summed E-state index contributed by atoms with van der Waals surface area (Å²) >= 11 is 5.40. The van der Waals surface area contributed by atoms with E-state index in [0.717, 1.165) is 0 Å². The lowest BCUT2D eigenvalue weighted by atomic mass is 9.96. The third-order valence-corrected chi connectivity index (χ3v) is 2.00. The normalized spacial score (nSPS) is 12.7. The third kappa shape index (κ3) is 5.35. The van der Waals surface area contributed by atoms with Crippen LogP contribution >= 0.6 is 11.6 Å². The van der Waals surface area contributed by atoms with Crippen LogP contribution in [0.5, 0.6) is 0 Å². The number of hydrogen-bond donors (Lipinski definition) is 0. The highest BCUT2D eigenvalue weighted by atomic mass is 35.5. The number of ether oxygens (including phenoxy) is 2. The number of rotatable bonds is 6. The summed E-state index contributed by atoms with van der Waals surface area (Å²) in [4.78, 5) is 23.2. The van der Waals surface area contributed by atoms with E-state index < -0.39 is 17.9 Å². The number of alkyl halides is 1. The third-order valence-electron chi connectivity index (χ3n) is 1.85. The molecule has 0 radical (unpaired) electrons. The lowest BCUT2D eigenvalue weighted by molar-refractivity contribution is -0.166. The molecule has 0 saturated carbocycles. The van der Waals surface area contributed by atoms with E-state index in [9.17, 15) is 9.59 Å². The van der Waals surface area contributed by atoms with E-state index in [1.165, 1.54) is 0 Å². The second-order valence-electron chi connectivity index (χ2n) is 4.06. The summed E-state index contributed by atoms with van der Waals surface area (Å²) in [6, 6.07) is 0. The minimum absolute atomic E-state index is 0.110. The standard InChI is InChI=1S/C11H19ClO4/c1-7(2)9(10(13)15-6-5-12)11(14)16-8(3)4/h7-9H,5-6H2,1-4H3. The van der Waals surface area contributed by atoms with Crippen molar-refractivity contribution in [3.63, 3.8) is 0 Å². The molecule has 1 atom stereocenters. The van der Waals surface area contributed by atoms with Crippen molar-refractivity contribution in [1.29, 1.82) is 0 Å².